The zero-order chi connectivity index (χ0) is 26.0. The van der Waals surface area contributed by atoms with Crippen LogP contribution in [0.2, 0.25) is 0 Å². The minimum Gasteiger partial charge on any atom is -0.494 e. The number of nitrogens with one attached hydrogen (secondary N) is 1. The van der Waals surface area contributed by atoms with Gasteiger partial charge in [-0.2, -0.15) is 18.2 Å². The molecule has 0 saturated heterocycles. The second-order valence-electron chi connectivity index (χ2n) is 7.07. The van der Waals surface area contributed by atoms with E-state index in [4.69, 9.17) is 14.2 Å². The maximum absolute atomic E-state index is 13.8. The van der Waals surface area contributed by atoms with Gasteiger partial charge >= 0.3 is 12.1 Å². The van der Waals surface area contributed by atoms with Gasteiger partial charge in [0.1, 0.15) is 17.9 Å². The highest BCUT2D eigenvalue weighted by atomic mass is 19.4. The van der Waals surface area contributed by atoms with Gasteiger partial charge in [-0.25, -0.2) is 24.1 Å². The number of hydrogen-bond donors (Lipinski definition) is 1. The first-order valence-corrected chi connectivity index (χ1v) is 10.1. The summed E-state index contributed by atoms with van der Waals surface area (Å²) in [6.07, 6.45) is -5.26. The quantitative estimate of drug-likeness (QED) is 0.287. The number of rotatable bonds is 7. The number of benzene rings is 2. The number of carbonyl (C=O) groups is 1. The van der Waals surface area contributed by atoms with Crippen LogP contribution in [0.15, 0.2) is 30.3 Å². The summed E-state index contributed by atoms with van der Waals surface area (Å²) >= 11 is 0. The fraction of sp³-hybridized carbons (Fsp3) is 0.227. The predicted octanol–water partition coefficient (Wildman–Crippen LogP) is 4.28. The van der Waals surface area contributed by atoms with Gasteiger partial charge in [-0.3, -0.25) is 5.32 Å². The highest BCUT2D eigenvalue weighted by molar-refractivity contribution is 5.92. The monoisotopic (exact) mass is 507 g/mol. The van der Waals surface area contributed by atoms with E-state index in [1.165, 1.54) is 51.7 Å². The van der Waals surface area contributed by atoms with Crippen molar-refractivity contribution in [1.82, 2.24) is 19.9 Å². The molecule has 0 radical (unpaired) electrons. The summed E-state index contributed by atoms with van der Waals surface area (Å²) in [5.74, 6) is -2.83. The number of methoxy groups -OCH3 is 3. The van der Waals surface area contributed by atoms with Gasteiger partial charge in [0.05, 0.1) is 37.9 Å². The molecule has 0 saturated carbocycles. The molecule has 0 amide bonds. The van der Waals surface area contributed by atoms with E-state index in [1.807, 2.05) is 0 Å². The summed E-state index contributed by atoms with van der Waals surface area (Å²) in [6, 6.07) is 7.33. The Labute approximate surface area is 200 Å². The van der Waals surface area contributed by atoms with Gasteiger partial charge in [-0.05, 0) is 18.2 Å². The van der Waals surface area contributed by atoms with Crippen molar-refractivity contribution in [2.24, 2.45) is 0 Å². The molecule has 0 spiro atoms. The number of hydrogen-bond acceptors (Lipinski definition) is 10. The van der Waals surface area contributed by atoms with Crippen molar-refractivity contribution in [3.05, 3.63) is 36.0 Å². The molecule has 1 N–H and O–H groups in total. The Morgan fingerprint density at radius 1 is 0.889 bits per heavy atom. The molecule has 0 atom stereocenters. The molecule has 0 aliphatic heterocycles. The molecule has 2 heterocycles. The maximum atomic E-state index is 13.8. The molecule has 0 fully saturated rings. The van der Waals surface area contributed by atoms with E-state index in [1.54, 1.807) is 0 Å². The van der Waals surface area contributed by atoms with E-state index in [-0.39, 0.29) is 39.8 Å². The van der Waals surface area contributed by atoms with Gasteiger partial charge in [0.15, 0.2) is 11.5 Å². The molecule has 2 aromatic carbocycles. The van der Waals surface area contributed by atoms with Crippen LogP contribution >= 0.6 is 0 Å². The summed E-state index contributed by atoms with van der Waals surface area (Å²) in [5.41, 5.74) is 0.311. The topological polar surface area (TPSA) is 118 Å². The first-order chi connectivity index (χ1) is 17.2. The summed E-state index contributed by atoms with van der Waals surface area (Å²) in [6.45, 7) is -0.968. The zero-order valence-corrected chi connectivity index (χ0v) is 18.9. The molecule has 188 valence electrons. The summed E-state index contributed by atoms with van der Waals surface area (Å²) in [4.78, 5) is 28.0. The first kappa shape index (κ1) is 24.6. The van der Waals surface area contributed by atoms with Gasteiger partial charge in [-0.15, -0.1) is 0 Å². The van der Waals surface area contributed by atoms with Crippen molar-refractivity contribution in [1.29, 1.82) is 0 Å². The molecule has 14 heteroatoms. The molecular formula is C22H17F4N5O5. The Morgan fingerprint density at radius 2 is 1.56 bits per heavy atom. The fourth-order valence-corrected chi connectivity index (χ4v) is 3.32. The SMILES string of the molecule is COc1cc2nc(Nc3nc(OC(=O)C(F)(F)F)c4cccc(OC)c4n3)nc(CF)c2cc1OC. The van der Waals surface area contributed by atoms with Crippen LogP contribution in [0.4, 0.5) is 29.5 Å². The molecule has 10 nitrogen and oxygen atoms in total. The number of ether oxygens (including phenoxy) is 4. The minimum absolute atomic E-state index is 0.00875. The number of nitrogens with zero attached hydrogens (tertiary/aromatic N) is 4. The summed E-state index contributed by atoms with van der Waals surface area (Å²) in [7, 11) is 4.16. The van der Waals surface area contributed by atoms with Crippen LogP contribution in [0.3, 0.4) is 0 Å². The van der Waals surface area contributed by atoms with E-state index in [9.17, 15) is 22.4 Å². The van der Waals surface area contributed by atoms with Gasteiger partial charge in [-0.1, -0.05) is 6.07 Å². The Hall–Kier alpha value is -4.49. The second kappa shape index (κ2) is 9.64. The number of para-hydroxylation sites is 1. The number of esters is 1. The molecule has 4 rings (SSSR count). The highest BCUT2D eigenvalue weighted by Gasteiger charge is 2.42. The van der Waals surface area contributed by atoms with Crippen LogP contribution in [-0.2, 0) is 11.5 Å². The van der Waals surface area contributed by atoms with E-state index in [2.05, 4.69) is 30.0 Å². The predicted molar refractivity (Wildman–Crippen MR) is 119 cm³/mol. The number of fused-ring (bicyclic) bond motifs is 2. The molecule has 0 aliphatic rings. The molecule has 0 bridgehead atoms. The Morgan fingerprint density at radius 3 is 2.19 bits per heavy atom. The van der Waals surface area contributed by atoms with Crippen molar-refractivity contribution in [2.75, 3.05) is 26.6 Å². The third kappa shape index (κ3) is 4.69. The van der Waals surface area contributed by atoms with Crippen molar-refractivity contribution >= 4 is 39.7 Å². The number of carbonyl (C=O) groups excluding carboxylic acids is 1. The summed E-state index contributed by atoms with van der Waals surface area (Å²) in [5, 5.41) is 2.95. The van der Waals surface area contributed by atoms with Crippen LogP contribution in [-0.4, -0.2) is 53.4 Å². The largest absolute Gasteiger partial charge is 0.494 e. The third-order valence-corrected chi connectivity index (χ3v) is 4.93. The Bertz CT molecular complexity index is 1460. The van der Waals surface area contributed by atoms with E-state index >= 15 is 0 Å². The Balaban J connectivity index is 1.84. The lowest BCUT2D eigenvalue weighted by atomic mass is 10.1. The lowest BCUT2D eigenvalue weighted by molar-refractivity contribution is -0.189. The fourth-order valence-electron chi connectivity index (χ4n) is 3.32. The maximum Gasteiger partial charge on any atom is 0.491 e. The van der Waals surface area contributed by atoms with Crippen LogP contribution in [0.25, 0.3) is 21.8 Å². The van der Waals surface area contributed by atoms with Crippen LogP contribution in [0.5, 0.6) is 23.1 Å². The molecule has 4 aromatic rings. The van der Waals surface area contributed by atoms with Gasteiger partial charge in [0.25, 0.3) is 0 Å². The van der Waals surface area contributed by atoms with Gasteiger partial charge < -0.3 is 18.9 Å². The van der Waals surface area contributed by atoms with Crippen LogP contribution in [0, 0.1) is 0 Å². The average Bonchev–Trinajstić information content (AvgIpc) is 2.86. The van der Waals surface area contributed by atoms with Crippen molar-refractivity contribution in [3.63, 3.8) is 0 Å². The normalized spacial score (nSPS) is 11.4. The van der Waals surface area contributed by atoms with E-state index in [0.29, 0.717) is 16.9 Å². The average molecular weight is 507 g/mol. The lowest BCUT2D eigenvalue weighted by Crippen LogP contribution is -2.28. The smallest absolute Gasteiger partial charge is 0.491 e. The molecule has 36 heavy (non-hydrogen) atoms. The third-order valence-electron chi connectivity index (χ3n) is 4.93. The van der Waals surface area contributed by atoms with Crippen LogP contribution < -0.4 is 24.3 Å². The summed E-state index contributed by atoms with van der Waals surface area (Å²) < 4.78 is 72.5. The number of aromatic nitrogens is 4. The minimum atomic E-state index is -5.26. The van der Waals surface area contributed by atoms with Crippen molar-refractivity contribution in [3.8, 4) is 23.1 Å². The molecular weight excluding hydrogens is 490 g/mol. The first-order valence-electron chi connectivity index (χ1n) is 10.1. The number of anilines is 2. The highest BCUT2D eigenvalue weighted by Crippen LogP contribution is 2.35. The Kier molecular flexibility index (Phi) is 6.59. The van der Waals surface area contributed by atoms with Crippen molar-refractivity contribution < 1.29 is 41.3 Å². The lowest BCUT2D eigenvalue weighted by Gasteiger charge is -2.14. The molecule has 2 aromatic heterocycles. The van der Waals surface area contributed by atoms with Crippen LogP contribution in [0.1, 0.15) is 5.69 Å². The van der Waals surface area contributed by atoms with Gasteiger partial charge in [0, 0.05) is 11.5 Å². The molecule has 0 aliphatic carbocycles. The van der Waals surface area contributed by atoms with Crippen molar-refractivity contribution in [2.45, 2.75) is 12.9 Å². The second-order valence-corrected chi connectivity index (χ2v) is 7.07. The zero-order valence-electron chi connectivity index (χ0n) is 18.9. The number of alkyl halides is 4. The van der Waals surface area contributed by atoms with E-state index in [0.717, 1.165) is 0 Å². The van der Waals surface area contributed by atoms with Gasteiger partial charge in [0.2, 0.25) is 17.8 Å². The molecule has 0 unspecified atom stereocenters. The number of halogens is 4. The van der Waals surface area contributed by atoms with E-state index < -0.39 is 24.7 Å². The standard InChI is InChI=1S/C22H17F4N5O5/c1-33-14-6-4-5-10-17(14)29-21(30-18(10)36-19(32)22(24,25)26)31-20-27-12-8-16(35-3)15(34-2)7-11(12)13(9-23)28-20/h4-8H,9H2,1-3H3,(H,27,28,29,30,31).